The maximum atomic E-state index is 12.5. The molecule has 3 rings (SSSR count). The summed E-state index contributed by atoms with van der Waals surface area (Å²) in [6.45, 7) is 5.17. The fourth-order valence-corrected chi connectivity index (χ4v) is 3.51. The Morgan fingerprint density at radius 3 is 2.56 bits per heavy atom. The number of rotatable bonds is 4. The third-order valence-electron chi connectivity index (χ3n) is 5.08. The Morgan fingerprint density at radius 2 is 1.92 bits per heavy atom. The fraction of sp³-hybridized carbons (Fsp3) is 0.474. The van der Waals surface area contributed by atoms with Crippen molar-refractivity contribution in [3.05, 3.63) is 36.0 Å². The highest BCUT2D eigenvalue weighted by atomic mass is 16.2. The number of benzene rings is 1. The highest BCUT2D eigenvalue weighted by Gasteiger charge is 2.28. The molecule has 1 fully saturated rings. The van der Waals surface area contributed by atoms with Crippen molar-refractivity contribution in [2.24, 2.45) is 11.7 Å². The molecule has 2 atom stereocenters. The SMILES string of the molecule is CC(NC(=O)c1cc2ccccc2[nH]1)C1CCN(C(=O)[C@H](C)N)CC1. The normalized spacial score (nSPS) is 18.1. The van der Waals surface area contributed by atoms with Crippen LogP contribution in [0, 0.1) is 5.92 Å². The number of nitrogens with two attached hydrogens (primary N) is 1. The summed E-state index contributed by atoms with van der Waals surface area (Å²) in [6.07, 6.45) is 1.76. The van der Waals surface area contributed by atoms with E-state index in [9.17, 15) is 9.59 Å². The minimum Gasteiger partial charge on any atom is -0.351 e. The molecule has 0 aliphatic carbocycles. The molecule has 2 aromatic rings. The Balaban J connectivity index is 1.56. The van der Waals surface area contributed by atoms with Gasteiger partial charge in [0, 0.05) is 30.0 Å². The van der Waals surface area contributed by atoms with Gasteiger partial charge in [0.05, 0.1) is 6.04 Å². The van der Waals surface area contributed by atoms with E-state index in [-0.39, 0.29) is 17.9 Å². The molecule has 1 aromatic carbocycles. The van der Waals surface area contributed by atoms with Crippen molar-refractivity contribution >= 4 is 22.7 Å². The molecule has 6 heteroatoms. The molecule has 1 saturated heterocycles. The van der Waals surface area contributed by atoms with Gasteiger partial charge in [0.1, 0.15) is 5.69 Å². The minimum absolute atomic E-state index is 0.00761. The first kappa shape index (κ1) is 17.5. The third-order valence-corrected chi connectivity index (χ3v) is 5.08. The summed E-state index contributed by atoms with van der Waals surface area (Å²) in [5.41, 5.74) is 7.21. The van der Waals surface area contributed by atoms with Gasteiger partial charge in [-0.2, -0.15) is 0 Å². The van der Waals surface area contributed by atoms with Crippen LogP contribution in [0.25, 0.3) is 10.9 Å². The average Bonchev–Trinajstić information content (AvgIpc) is 3.05. The van der Waals surface area contributed by atoms with Crippen LogP contribution < -0.4 is 11.1 Å². The van der Waals surface area contributed by atoms with Crippen molar-refractivity contribution < 1.29 is 9.59 Å². The minimum atomic E-state index is -0.448. The zero-order chi connectivity index (χ0) is 18.0. The molecular weight excluding hydrogens is 316 g/mol. The molecular formula is C19H26N4O2. The van der Waals surface area contributed by atoms with Gasteiger partial charge in [0.2, 0.25) is 5.91 Å². The van der Waals surface area contributed by atoms with Crippen LogP contribution in [0.2, 0.25) is 0 Å². The molecule has 1 aliphatic rings. The number of H-pyrrole nitrogens is 1. The molecule has 25 heavy (non-hydrogen) atoms. The maximum Gasteiger partial charge on any atom is 0.267 e. The summed E-state index contributed by atoms with van der Waals surface area (Å²) < 4.78 is 0. The summed E-state index contributed by atoms with van der Waals surface area (Å²) in [5.74, 6) is 0.288. The van der Waals surface area contributed by atoms with Crippen LogP contribution in [0.1, 0.15) is 37.2 Å². The second-order valence-electron chi connectivity index (χ2n) is 6.98. The number of amides is 2. The van der Waals surface area contributed by atoms with Crippen LogP contribution in [0.15, 0.2) is 30.3 Å². The van der Waals surface area contributed by atoms with Crippen molar-refractivity contribution in [1.82, 2.24) is 15.2 Å². The van der Waals surface area contributed by atoms with Gasteiger partial charge < -0.3 is 20.9 Å². The number of aromatic nitrogens is 1. The van der Waals surface area contributed by atoms with E-state index in [1.54, 1.807) is 6.92 Å². The summed E-state index contributed by atoms with van der Waals surface area (Å²) >= 11 is 0. The van der Waals surface area contributed by atoms with Crippen LogP contribution in [-0.4, -0.2) is 46.9 Å². The molecule has 0 saturated carbocycles. The predicted octanol–water partition coefficient (Wildman–Crippen LogP) is 1.87. The van der Waals surface area contributed by atoms with Crippen LogP contribution in [0.3, 0.4) is 0 Å². The van der Waals surface area contributed by atoms with Crippen LogP contribution >= 0.6 is 0 Å². The van der Waals surface area contributed by atoms with Crippen molar-refractivity contribution in [3.8, 4) is 0 Å². The summed E-state index contributed by atoms with van der Waals surface area (Å²) in [6, 6.07) is 9.33. The highest BCUT2D eigenvalue weighted by Crippen LogP contribution is 2.22. The molecule has 6 nitrogen and oxygen atoms in total. The van der Waals surface area contributed by atoms with Crippen molar-refractivity contribution in [2.75, 3.05) is 13.1 Å². The van der Waals surface area contributed by atoms with Gasteiger partial charge in [-0.15, -0.1) is 0 Å². The molecule has 1 aromatic heterocycles. The maximum absolute atomic E-state index is 12.5. The Morgan fingerprint density at radius 1 is 1.24 bits per heavy atom. The second-order valence-corrected chi connectivity index (χ2v) is 6.98. The van der Waals surface area contributed by atoms with E-state index in [4.69, 9.17) is 5.73 Å². The Hall–Kier alpha value is -2.34. The number of nitrogens with zero attached hydrogens (tertiary/aromatic N) is 1. The lowest BCUT2D eigenvalue weighted by atomic mass is 9.90. The molecule has 1 aliphatic heterocycles. The fourth-order valence-electron chi connectivity index (χ4n) is 3.51. The number of hydrogen-bond acceptors (Lipinski definition) is 3. The first-order chi connectivity index (χ1) is 12.0. The number of carbonyl (C=O) groups excluding carboxylic acids is 2. The van der Waals surface area contributed by atoms with Crippen LogP contribution in [0.5, 0.6) is 0 Å². The van der Waals surface area contributed by atoms with E-state index in [2.05, 4.69) is 10.3 Å². The number of likely N-dealkylation sites (tertiary alicyclic amines) is 1. The lowest BCUT2D eigenvalue weighted by molar-refractivity contribution is -0.133. The van der Waals surface area contributed by atoms with E-state index in [0.717, 1.165) is 23.7 Å². The first-order valence-corrected chi connectivity index (χ1v) is 8.88. The van der Waals surface area contributed by atoms with Gasteiger partial charge in [-0.05, 0) is 44.7 Å². The standard InChI is InChI=1S/C19H26N4O2/c1-12(20)19(25)23-9-7-14(8-10-23)13(2)21-18(24)17-11-15-5-3-4-6-16(15)22-17/h3-6,11-14,22H,7-10,20H2,1-2H3,(H,21,24)/t12-,13?/m0/s1. The predicted molar refractivity (Wildman–Crippen MR) is 98.2 cm³/mol. The van der Waals surface area contributed by atoms with E-state index in [1.807, 2.05) is 42.2 Å². The van der Waals surface area contributed by atoms with Gasteiger partial charge >= 0.3 is 0 Å². The van der Waals surface area contributed by atoms with E-state index >= 15 is 0 Å². The number of nitrogens with one attached hydrogen (secondary N) is 2. The molecule has 2 amide bonds. The van der Waals surface area contributed by atoms with Gasteiger partial charge in [0.25, 0.3) is 5.91 Å². The first-order valence-electron chi connectivity index (χ1n) is 8.88. The van der Waals surface area contributed by atoms with Gasteiger partial charge in [-0.3, -0.25) is 9.59 Å². The zero-order valence-corrected chi connectivity index (χ0v) is 14.8. The Kier molecular flexibility index (Phi) is 5.08. The lowest BCUT2D eigenvalue weighted by Gasteiger charge is -2.35. The number of carbonyl (C=O) groups is 2. The zero-order valence-electron chi connectivity index (χ0n) is 14.8. The number of para-hydroxylation sites is 1. The average molecular weight is 342 g/mol. The van der Waals surface area contributed by atoms with E-state index in [1.165, 1.54) is 0 Å². The Bertz CT molecular complexity index is 727. The lowest BCUT2D eigenvalue weighted by Crippen LogP contribution is -2.49. The Labute approximate surface area is 147 Å². The van der Waals surface area contributed by atoms with Crippen molar-refractivity contribution in [1.29, 1.82) is 0 Å². The van der Waals surface area contributed by atoms with Crippen molar-refractivity contribution in [3.63, 3.8) is 0 Å². The summed E-state index contributed by atoms with van der Waals surface area (Å²) in [5, 5.41) is 4.13. The molecule has 4 N–H and O–H groups in total. The van der Waals surface area contributed by atoms with E-state index < -0.39 is 6.04 Å². The van der Waals surface area contributed by atoms with Gasteiger partial charge in [-0.1, -0.05) is 18.2 Å². The second kappa shape index (κ2) is 7.27. The molecule has 0 bridgehead atoms. The molecule has 0 radical (unpaired) electrons. The van der Waals surface area contributed by atoms with Gasteiger partial charge in [-0.25, -0.2) is 0 Å². The number of hydrogen-bond donors (Lipinski definition) is 3. The van der Waals surface area contributed by atoms with Crippen LogP contribution in [-0.2, 0) is 4.79 Å². The summed E-state index contributed by atoms with van der Waals surface area (Å²) in [7, 11) is 0. The van der Waals surface area contributed by atoms with Gasteiger partial charge in [0.15, 0.2) is 0 Å². The van der Waals surface area contributed by atoms with Crippen molar-refractivity contribution in [2.45, 2.75) is 38.8 Å². The smallest absolute Gasteiger partial charge is 0.267 e. The number of fused-ring (bicyclic) bond motifs is 1. The molecule has 134 valence electrons. The highest BCUT2D eigenvalue weighted by molar-refractivity contribution is 5.98. The molecule has 0 spiro atoms. The monoisotopic (exact) mass is 342 g/mol. The number of aromatic amines is 1. The number of piperidine rings is 1. The molecule has 2 heterocycles. The third kappa shape index (κ3) is 3.85. The topological polar surface area (TPSA) is 91.2 Å². The van der Waals surface area contributed by atoms with Crippen LogP contribution in [0.4, 0.5) is 0 Å². The molecule has 1 unspecified atom stereocenters. The van der Waals surface area contributed by atoms with E-state index in [0.29, 0.717) is 24.7 Å². The quantitative estimate of drug-likeness (QED) is 0.792. The largest absolute Gasteiger partial charge is 0.351 e. The summed E-state index contributed by atoms with van der Waals surface area (Å²) in [4.78, 5) is 29.4.